The molecule has 162 valence electrons. The monoisotopic (exact) mass is 453 g/mol. The summed E-state index contributed by atoms with van der Waals surface area (Å²) in [6, 6.07) is 5.95. The molecular weight excluding hydrogens is 421 g/mol. The summed E-state index contributed by atoms with van der Waals surface area (Å²) in [4.78, 5) is 16.7. The number of carbonyl (C=O) groups excluding carboxylic acids is 1. The van der Waals surface area contributed by atoms with Crippen molar-refractivity contribution in [1.82, 2.24) is 15.1 Å². The molecule has 0 heterocycles. The van der Waals surface area contributed by atoms with Gasteiger partial charge in [-0.15, -0.1) is 12.4 Å². The highest BCUT2D eigenvalue weighted by Crippen LogP contribution is 2.24. The summed E-state index contributed by atoms with van der Waals surface area (Å²) in [5, 5.41) is 4.07. The van der Waals surface area contributed by atoms with Crippen LogP contribution in [-0.2, 0) is 0 Å². The van der Waals surface area contributed by atoms with Gasteiger partial charge in [-0.25, -0.2) is 4.79 Å². The van der Waals surface area contributed by atoms with Gasteiger partial charge in [0.05, 0.1) is 6.54 Å². The maximum Gasteiger partial charge on any atom is 0.317 e. The van der Waals surface area contributed by atoms with E-state index in [9.17, 15) is 4.79 Å². The molecule has 0 saturated carbocycles. The number of benzene rings is 1. The average molecular weight is 455 g/mol. The van der Waals surface area contributed by atoms with Crippen LogP contribution in [0.5, 0.6) is 5.75 Å². The number of rotatable bonds is 10. The molecule has 0 atom stereocenters. The van der Waals surface area contributed by atoms with E-state index in [0.29, 0.717) is 47.6 Å². The van der Waals surface area contributed by atoms with Crippen molar-refractivity contribution in [3.63, 3.8) is 0 Å². The van der Waals surface area contributed by atoms with Crippen LogP contribution in [0.1, 0.15) is 41.5 Å². The second-order valence-corrected chi connectivity index (χ2v) is 8.27. The van der Waals surface area contributed by atoms with Gasteiger partial charge in [-0.1, -0.05) is 23.2 Å². The fourth-order valence-electron chi connectivity index (χ4n) is 2.97. The number of carbonyl (C=O) groups is 1. The molecule has 0 radical (unpaired) electrons. The SMILES string of the molecule is CC(C)N(CCOc1cc(Cl)cc(Cl)c1)C(=O)NCCN(C(C)C)C(C)C.Cl. The average Bonchev–Trinajstić information content (AvgIpc) is 2.53. The Morgan fingerprint density at radius 1 is 0.964 bits per heavy atom. The van der Waals surface area contributed by atoms with Gasteiger partial charge in [-0.3, -0.25) is 4.90 Å². The van der Waals surface area contributed by atoms with E-state index < -0.39 is 0 Å². The smallest absolute Gasteiger partial charge is 0.317 e. The lowest BCUT2D eigenvalue weighted by atomic mass is 10.2. The molecule has 2 amide bonds. The van der Waals surface area contributed by atoms with E-state index in [4.69, 9.17) is 27.9 Å². The molecule has 5 nitrogen and oxygen atoms in total. The number of nitrogens with one attached hydrogen (secondary N) is 1. The van der Waals surface area contributed by atoms with Gasteiger partial charge in [0.15, 0.2) is 0 Å². The molecule has 0 spiro atoms. The van der Waals surface area contributed by atoms with Crippen molar-refractivity contribution in [3.05, 3.63) is 28.2 Å². The lowest BCUT2D eigenvalue weighted by Gasteiger charge is -2.31. The summed E-state index contributed by atoms with van der Waals surface area (Å²) in [5.41, 5.74) is 0. The van der Waals surface area contributed by atoms with Crippen molar-refractivity contribution in [1.29, 1.82) is 0 Å². The fraction of sp³-hybridized carbons (Fsp3) is 0.650. The highest BCUT2D eigenvalue weighted by molar-refractivity contribution is 6.34. The minimum absolute atomic E-state index is 0. The van der Waals surface area contributed by atoms with Crippen LogP contribution in [0.15, 0.2) is 18.2 Å². The molecule has 0 aliphatic rings. The molecule has 28 heavy (non-hydrogen) atoms. The zero-order valence-electron chi connectivity index (χ0n) is 17.7. The molecular formula is C20H34Cl3N3O2. The highest BCUT2D eigenvalue weighted by Gasteiger charge is 2.18. The van der Waals surface area contributed by atoms with Crippen molar-refractivity contribution < 1.29 is 9.53 Å². The van der Waals surface area contributed by atoms with Crippen LogP contribution >= 0.6 is 35.6 Å². The largest absolute Gasteiger partial charge is 0.492 e. The van der Waals surface area contributed by atoms with Gasteiger partial charge in [-0.2, -0.15) is 0 Å². The summed E-state index contributed by atoms with van der Waals surface area (Å²) in [7, 11) is 0. The van der Waals surface area contributed by atoms with Gasteiger partial charge in [-0.05, 0) is 59.7 Å². The van der Waals surface area contributed by atoms with Gasteiger partial charge in [0.1, 0.15) is 12.4 Å². The highest BCUT2D eigenvalue weighted by atomic mass is 35.5. The number of hydrogen-bond acceptors (Lipinski definition) is 3. The van der Waals surface area contributed by atoms with Gasteiger partial charge in [0, 0.05) is 41.3 Å². The third-order valence-electron chi connectivity index (χ3n) is 4.29. The normalized spacial score (nSPS) is 11.1. The van der Waals surface area contributed by atoms with Gasteiger partial charge < -0.3 is 15.0 Å². The number of halogens is 3. The van der Waals surface area contributed by atoms with E-state index in [-0.39, 0.29) is 24.5 Å². The molecule has 1 aromatic rings. The van der Waals surface area contributed by atoms with Crippen molar-refractivity contribution in [2.45, 2.75) is 59.7 Å². The van der Waals surface area contributed by atoms with Gasteiger partial charge in [0.25, 0.3) is 0 Å². The minimum atomic E-state index is -0.0785. The quantitative estimate of drug-likeness (QED) is 0.519. The van der Waals surface area contributed by atoms with E-state index in [0.717, 1.165) is 6.54 Å². The molecule has 1 rings (SSSR count). The van der Waals surface area contributed by atoms with E-state index in [1.54, 1.807) is 23.1 Å². The van der Waals surface area contributed by atoms with E-state index in [1.807, 2.05) is 13.8 Å². The first-order valence-electron chi connectivity index (χ1n) is 9.51. The molecule has 0 aliphatic carbocycles. The van der Waals surface area contributed by atoms with Crippen LogP contribution in [-0.4, -0.2) is 60.2 Å². The summed E-state index contributed by atoms with van der Waals surface area (Å²) < 4.78 is 5.71. The van der Waals surface area contributed by atoms with Crippen LogP contribution in [0.4, 0.5) is 4.79 Å². The van der Waals surface area contributed by atoms with Crippen molar-refractivity contribution >= 4 is 41.6 Å². The van der Waals surface area contributed by atoms with Crippen LogP contribution in [0.3, 0.4) is 0 Å². The third kappa shape index (κ3) is 9.55. The second kappa shape index (κ2) is 13.4. The Hall–Kier alpha value is -0.880. The Balaban J connectivity index is 0.00000729. The zero-order valence-corrected chi connectivity index (χ0v) is 20.0. The van der Waals surface area contributed by atoms with Gasteiger partial charge in [0.2, 0.25) is 0 Å². The maximum absolute atomic E-state index is 12.6. The van der Waals surface area contributed by atoms with Crippen LogP contribution in [0, 0.1) is 0 Å². The standard InChI is InChI=1S/C20H33Cl2N3O2.ClH/c1-14(2)24(15(3)4)8-7-23-20(26)25(16(5)6)9-10-27-19-12-17(21)11-18(22)13-19;/h11-16H,7-10H2,1-6H3,(H,23,26);1H. The van der Waals surface area contributed by atoms with Crippen molar-refractivity contribution in [2.75, 3.05) is 26.2 Å². The zero-order chi connectivity index (χ0) is 20.6. The van der Waals surface area contributed by atoms with Crippen molar-refractivity contribution in [2.24, 2.45) is 0 Å². The molecule has 0 fully saturated rings. The second-order valence-electron chi connectivity index (χ2n) is 7.40. The molecule has 0 unspecified atom stereocenters. The molecule has 0 saturated heterocycles. The summed E-state index contributed by atoms with van der Waals surface area (Å²) in [6.07, 6.45) is 0. The van der Waals surface area contributed by atoms with Crippen LogP contribution in [0.2, 0.25) is 10.0 Å². The first-order chi connectivity index (χ1) is 12.6. The molecule has 1 N–H and O–H groups in total. The number of nitrogens with zero attached hydrogens (tertiary/aromatic N) is 2. The maximum atomic E-state index is 12.6. The Bertz CT molecular complexity index is 570. The first-order valence-corrected chi connectivity index (χ1v) is 10.3. The Labute approximate surface area is 186 Å². The number of ether oxygens (including phenoxy) is 1. The van der Waals surface area contributed by atoms with Crippen LogP contribution < -0.4 is 10.1 Å². The predicted octanol–water partition coefficient (Wildman–Crippen LogP) is 5.33. The minimum Gasteiger partial charge on any atom is -0.492 e. The van der Waals surface area contributed by atoms with Gasteiger partial charge >= 0.3 is 6.03 Å². The lowest BCUT2D eigenvalue weighted by molar-refractivity contribution is 0.155. The predicted molar refractivity (Wildman–Crippen MR) is 121 cm³/mol. The van der Waals surface area contributed by atoms with Crippen LogP contribution in [0.25, 0.3) is 0 Å². The molecule has 0 bridgehead atoms. The van der Waals surface area contributed by atoms with Crippen molar-refractivity contribution in [3.8, 4) is 5.75 Å². The van der Waals surface area contributed by atoms with E-state index in [2.05, 4.69) is 37.9 Å². The fourth-order valence-corrected chi connectivity index (χ4v) is 3.48. The lowest BCUT2D eigenvalue weighted by Crippen LogP contribution is -2.49. The topological polar surface area (TPSA) is 44.8 Å². The molecule has 0 aromatic heterocycles. The number of hydrogen-bond donors (Lipinski definition) is 1. The summed E-state index contributed by atoms with van der Waals surface area (Å²) >= 11 is 12.0. The molecule has 1 aromatic carbocycles. The number of urea groups is 1. The Kier molecular flexibility index (Phi) is 12.9. The molecule has 0 aliphatic heterocycles. The van der Waals surface area contributed by atoms with E-state index in [1.165, 1.54) is 0 Å². The Morgan fingerprint density at radius 2 is 1.50 bits per heavy atom. The first kappa shape index (κ1) is 27.1. The number of amides is 2. The summed E-state index contributed by atoms with van der Waals surface area (Å²) in [6.45, 7) is 14.9. The Morgan fingerprint density at radius 3 is 1.96 bits per heavy atom. The molecule has 8 heteroatoms. The van der Waals surface area contributed by atoms with E-state index >= 15 is 0 Å². The third-order valence-corrected chi connectivity index (χ3v) is 4.73. The summed E-state index contributed by atoms with van der Waals surface area (Å²) in [5.74, 6) is 0.598.